The first kappa shape index (κ1) is 15.2. The van der Waals surface area contributed by atoms with Crippen molar-refractivity contribution in [2.24, 2.45) is 5.73 Å². The van der Waals surface area contributed by atoms with Crippen LogP contribution >= 0.6 is 11.8 Å². The molecule has 0 spiro atoms. The number of aliphatic hydroxyl groups excluding tert-OH is 1. The van der Waals surface area contributed by atoms with Gasteiger partial charge in [-0.15, -0.1) is 0 Å². The first-order valence-electron chi connectivity index (χ1n) is 4.83. The summed E-state index contributed by atoms with van der Waals surface area (Å²) in [5.74, 6) is -1.62. The van der Waals surface area contributed by atoms with E-state index < -0.39 is 24.3 Å². The number of nitrogens with two attached hydrogens (primary N) is 1. The lowest BCUT2D eigenvalue weighted by molar-refractivity contribution is -0.139. The van der Waals surface area contributed by atoms with E-state index in [-0.39, 0.29) is 17.9 Å². The minimum atomic E-state index is -1.11. The Balaban J connectivity index is 4.17. The Morgan fingerprint density at radius 3 is 2.44 bits per heavy atom. The number of aliphatic hydroxyl groups is 1. The van der Waals surface area contributed by atoms with Crippen LogP contribution in [0.25, 0.3) is 0 Å². The molecule has 16 heavy (non-hydrogen) atoms. The molecule has 0 heterocycles. The molecule has 0 rings (SSSR count). The van der Waals surface area contributed by atoms with Gasteiger partial charge in [0.15, 0.2) is 0 Å². The fourth-order valence-electron chi connectivity index (χ4n) is 1.14. The summed E-state index contributed by atoms with van der Waals surface area (Å²) < 4.78 is 0. The number of rotatable bonds is 7. The first-order chi connectivity index (χ1) is 7.42. The van der Waals surface area contributed by atoms with Crippen molar-refractivity contribution in [1.29, 1.82) is 0 Å². The first-order valence-corrected chi connectivity index (χ1v) is 6.12. The van der Waals surface area contributed by atoms with Crippen LogP contribution in [0.2, 0.25) is 0 Å². The Labute approximate surface area is 98.6 Å². The van der Waals surface area contributed by atoms with E-state index >= 15 is 0 Å². The Morgan fingerprint density at radius 2 is 2.06 bits per heavy atom. The maximum atomic E-state index is 11.4. The van der Waals surface area contributed by atoms with E-state index in [1.807, 2.05) is 6.26 Å². The quantitative estimate of drug-likeness (QED) is 0.462. The van der Waals surface area contributed by atoms with Gasteiger partial charge in [0, 0.05) is 11.3 Å². The number of thioether (sulfide) groups is 1. The highest BCUT2D eigenvalue weighted by atomic mass is 32.2. The highest BCUT2D eigenvalue weighted by Gasteiger charge is 2.22. The minimum absolute atomic E-state index is 0.0587. The molecule has 3 unspecified atom stereocenters. The summed E-state index contributed by atoms with van der Waals surface area (Å²) >= 11 is 1.42. The second-order valence-corrected chi connectivity index (χ2v) is 4.54. The van der Waals surface area contributed by atoms with Crippen molar-refractivity contribution >= 4 is 23.6 Å². The summed E-state index contributed by atoms with van der Waals surface area (Å²) in [6, 6.07) is -1.31. The van der Waals surface area contributed by atoms with Gasteiger partial charge in [-0.25, -0.2) is 0 Å². The van der Waals surface area contributed by atoms with Gasteiger partial charge in [0.05, 0.1) is 19.1 Å². The van der Waals surface area contributed by atoms with E-state index in [1.54, 1.807) is 6.92 Å². The molecule has 0 aliphatic rings. The van der Waals surface area contributed by atoms with Crippen molar-refractivity contribution in [2.45, 2.75) is 30.7 Å². The molecular weight excluding hydrogens is 232 g/mol. The standard InChI is InChI=1S/C9H18N2O4S/c1-5(7(4-12)16-2)11-9(15)6(10)3-8(13)14/h5-7,12H,3-4,10H2,1-2H3,(H,11,15)(H,13,14). The third kappa shape index (κ3) is 5.34. The van der Waals surface area contributed by atoms with Crippen LogP contribution in [0.1, 0.15) is 13.3 Å². The molecule has 0 radical (unpaired) electrons. The number of hydrogen-bond donors (Lipinski definition) is 4. The molecule has 0 aliphatic heterocycles. The van der Waals surface area contributed by atoms with E-state index in [0.29, 0.717) is 0 Å². The van der Waals surface area contributed by atoms with E-state index in [2.05, 4.69) is 5.32 Å². The molecule has 3 atom stereocenters. The molecule has 0 aromatic heterocycles. The second kappa shape index (κ2) is 7.48. The van der Waals surface area contributed by atoms with Gasteiger partial charge in [0.25, 0.3) is 0 Å². The Bertz CT molecular complexity index is 246. The smallest absolute Gasteiger partial charge is 0.305 e. The van der Waals surface area contributed by atoms with Gasteiger partial charge in [-0.3, -0.25) is 9.59 Å². The van der Waals surface area contributed by atoms with Gasteiger partial charge in [0.1, 0.15) is 0 Å². The topological polar surface area (TPSA) is 113 Å². The lowest BCUT2D eigenvalue weighted by Gasteiger charge is -2.22. The number of carboxylic acids is 1. The van der Waals surface area contributed by atoms with Gasteiger partial charge in [-0.1, -0.05) is 0 Å². The van der Waals surface area contributed by atoms with Gasteiger partial charge < -0.3 is 21.3 Å². The van der Waals surface area contributed by atoms with Crippen molar-refractivity contribution in [3.05, 3.63) is 0 Å². The third-order valence-corrected chi connectivity index (χ3v) is 3.30. The SMILES string of the molecule is CSC(CO)C(C)NC(=O)C(N)CC(=O)O. The summed E-state index contributed by atoms with van der Waals surface area (Å²) in [4.78, 5) is 21.8. The monoisotopic (exact) mass is 250 g/mol. The molecule has 0 saturated carbocycles. The van der Waals surface area contributed by atoms with E-state index in [4.69, 9.17) is 15.9 Å². The zero-order valence-corrected chi connectivity index (χ0v) is 10.2. The lowest BCUT2D eigenvalue weighted by atomic mass is 10.1. The van der Waals surface area contributed by atoms with E-state index in [0.717, 1.165) is 0 Å². The Hall–Kier alpha value is -0.790. The zero-order chi connectivity index (χ0) is 12.7. The van der Waals surface area contributed by atoms with E-state index in [1.165, 1.54) is 11.8 Å². The highest BCUT2D eigenvalue weighted by Crippen LogP contribution is 2.10. The number of nitrogens with one attached hydrogen (secondary N) is 1. The fourth-order valence-corrected chi connectivity index (χ4v) is 1.77. The van der Waals surface area contributed by atoms with Crippen molar-refractivity contribution in [2.75, 3.05) is 12.9 Å². The van der Waals surface area contributed by atoms with Crippen LogP contribution < -0.4 is 11.1 Å². The molecule has 0 bridgehead atoms. The van der Waals surface area contributed by atoms with Gasteiger partial charge in [0.2, 0.25) is 5.91 Å². The number of hydrogen-bond acceptors (Lipinski definition) is 5. The summed E-state index contributed by atoms with van der Waals surface area (Å²) in [6.07, 6.45) is 1.42. The van der Waals surface area contributed by atoms with Crippen LogP contribution in [0.3, 0.4) is 0 Å². The number of carbonyl (C=O) groups is 2. The number of carbonyl (C=O) groups excluding carboxylic acids is 1. The van der Waals surface area contributed by atoms with Crippen LogP contribution in [-0.2, 0) is 9.59 Å². The average molecular weight is 250 g/mol. The maximum Gasteiger partial charge on any atom is 0.305 e. The van der Waals surface area contributed by atoms with Crippen LogP contribution in [0.4, 0.5) is 0 Å². The Morgan fingerprint density at radius 1 is 1.50 bits per heavy atom. The largest absolute Gasteiger partial charge is 0.481 e. The van der Waals surface area contributed by atoms with Crippen LogP contribution in [0.5, 0.6) is 0 Å². The zero-order valence-electron chi connectivity index (χ0n) is 9.34. The summed E-state index contributed by atoms with van der Waals surface area (Å²) in [6.45, 7) is 1.68. The third-order valence-electron chi connectivity index (χ3n) is 2.14. The minimum Gasteiger partial charge on any atom is -0.481 e. The van der Waals surface area contributed by atoms with Gasteiger partial charge in [-0.05, 0) is 13.2 Å². The molecule has 7 heteroatoms. The molecule has 94 valence electrons. The second-order valence-electron chi connectivity index (χ2n) is 3.46. The molecule has 0 aliphatic carbocycles. The number of amides is 1. The van der Waals surface area contributed by atoms with Crippen molar-refractivity contribution in [1.82, 2.24) is 5.32 Å². The van der Waals surface area contributed by atoms with Crippen LogP contribution in [-0.4, -0.2) is 52.3 Å². The molecule has 0 saturated heterocycles. The molecular formula is C9H18N2O4S. The Kier molecular flexibility index (Phi) is 7.11. The summed E-state index contributed by atoms with van der Waals surface area (Å²) in [5, 5.41) is 19.9. The summed E-state index contributed by atoms with van der Waals surface area (Å²) in [5.41, 5.74) is 5.39. The fraction of sp³-hybridized carbons (Fsp3) is 0.778. The van der Waals surface area contributed by atoms with E-state index in [9.17, 15) is 9.59 Å². The van der Waals surface area contributed by atoms with Crippen molar-refractivity contribution in [3.8, 4) is 0 Å². The van der Waals surface area contributed by atoms with Crippen molar-refractivity contribution < 1.29 is 19.8 Å². The predicted octanol–water partition coefficient (Wildman–Crippen LogP) is -0.983. The van der Waals surface area contributed by atoms with Crippen LogP contribution in [0, 0.1) is 0 Å². The molecule has 6 nitrogen and oxygen atoms in total. The molecule has 1 amide bonds. The van der Waals surface area contributed by atoms with Crippen molar-refractivity contribution in [3.63, 3.8) is 0 Å². The molecule has 0 aromatic carbocycles. The number of aliphatic carboxylic acids is 1. The number of carboxylic acid groups (broad SMARTS) is 1. The predicted molar refractivity (Wildman–Crippen MR) is 62.2 cm³/mol. The van der Waals surface area contributed by atoms with Gasteiger partial charge in [-0.2, -0.15) is 11.8 Å². The molecule has 0 aromatic rings. The van der Waals surface area contributed by atoms with Crippen LogP contribution in [0.15, 0.2) is 0 Å². The summed E-state index contributed by atoms with van der Waals surface area (Å²) in [7, 11) is 0. The molecule has 5 N–H and O–H groups in total. The molecule has 0 fully saturated rings. The van der Waals surface area contributed by atoms with Gasteiger partial charge >= 0.3 is 5.97 Å². The lowest BCUT2D eigenvalue weighted by Crippen LogP contribution is -2.49. The maximum absolute atomic E-state index is 11.4. The normalized spacial score (nSPS) is 16.2. The highest BCUT2D eigenvalue weighted by molar-refractivity contribution is 7.99. The average Bonchev–Trinajstić information content (AvgIpc) is 2.18.